The molecule has 0 spiro atoms. The number of rotatable bonds is 4. The van der Waals surface area contributed by atoms with Crippen LogP contribution in [0, 0.1) is 11.8 Å². The zero-order valence-corrected chi connectivity index (χ0v) is 11.0. The Labute approximate surface area is 111 Å². The highest BCUT2D eigenvalue weighted by Crippen LogP contribution is 2.41. The molecule has 6 heteroatoms. The first-order valence-electron chi connectivity index (χ1n) is 6.76. The summed E-state index contributed by atoms with van der Waals surface area (Å²) in [6.45, 7) is 2.54. The van der Waals surface area contributed by atoms with Crippen LogP contribution in [0.4, 0.5) is 0 Å². The van der Waals surface area contributed by atoms with Crippen LogP contribution in [0.15, 0.2) is 0 Å². The third kappa shape index (κ3) is 2.88. The normalized spacial score (nSPS) is 29.7. The molecule has 0 aromatic heterocycles. The molecule has 0 radical (unpaired) electrons. The molecular weight excluding hydrogens is 250 g/mol. The van der Waals surface area contributed by atoms with E-state index < -0.39 is 23.8 Å². The van der Waals surface area contributed by atoms with Gasteiger partial charge in [-0.3, -0.25) is 9.59 Å². The number of hydrogen-bond donors (Lipinski definition) is 1. The number of carboxylic acids is 1. The molecule has 2 fully saturated rings. The van der Waals surface area contributed by atoms with Crippen LogP contribution in [0.3, 0.4) is 0 Å². The van der Waals surface area contributed by atoms with Crippen LogP contribution in [0.1, 0.15) is 32.6 Å². The number of carboxylic acid groups (broad SMARTS) is 1. The lowest BCUT2D eigenvalue weighted by atomic mass is 10.0. The van der Waals surface area contributed by atoms with Gasteiger partial charge in [0, 0.05) is 6.54 Å². The second-order valence-electron chi connectivity index (χ2n) is 5.08. The van der Waals surface area contributed by atoms with Gasteiger partial charge in [0.15, 0.2) is 0 Å². The number of aliphatic carboxylic acids is 1. The van der Waals surface area contributed by atoms with Gasteiger partial charge in [-0.2, -0.15) is 0 Å². The van der Waals surface area contributed by atoms with E-state index in [1.54, 1.807) is 6.92 Å². The molecule has 19 heavy (non-hydrogen) atoms. The summed E-state index contributed by atoms with van der Waals surface area (Å²) >= 11 is 0. The Hall–Kier alpha value is -1.59. The molecule has 106 valence electrons. The second kappa shape index (κ2) is 5.59. The lowest BCUT2D eigenvalue weighted by molar-refractivity contribution is -0.157. The zero-order chi connectivity index (χ0) is 14.0. The molecule has 1 N–H and O–H groups in total. The van der Waals surface area contributed by atoms with Crippen molar-refractivity contribution in [3.63, 3.8) is 0 Å². The second-order valence-corrected chi connectivity index (χ2v) is 5.08. The van der Waals surface area contributed by atoms with E-state index in [1.165, 1.54) is 4.90 Å². The molecule has 6 nitrogen and oxygen atoms in total. The van der Waals surface area contributed by atoms with Gasteiger partial charge >= 0.3 is 11.9 Å². The number of nitrogens with zero attached hydrogens (tertiary/aromatic N) is 1. The molecule has 0 aromatic carbocycles. The summed E-state index contributed by atoms with van der Waals surface area (Å²) in [5, 5.41) is 8.87. The average Bonchev–Trinajstić information content (AvgIpc) is 3.18. The molecule has 1 aliphatic heterocycles. The van der Waals surface area contributed by atoms with Crippen LogP contribution in [-0.4, -0.2) is 47.0 Å². The predicted octanol–water partition coefficient (Wildman–Crippen LogP) is 0.651. The van der Waals surface area contributed by atoms with Crippen molar-refractivity contribution in [2.24, 2.45) is 11.8 Å². The standard InChI is InChI=1S/C13H19NO5/c1-2-19-13(18)10-5-3-4-6-14(10)11(15)8-7-9(8)12(16)17/h8-10H,2-7H2,1H3,(H,16,17). The molecular formula is C13H19NO5. The zero-order valence-electron chi connectivity index (χ0n) is 11.0. The highest BCUT2D eigenvalue weighted by Gasteiger charge is 2.51. The largest absolute Gasteiger partial charge is 0.481 e. The number of piperidine rings is 1. The molecule has 2 aliphatic rings. The van der Waals surface area contributed by atoms with Gasteiger partial charge < -0.3 is 14.7 Å². The number of carbonyl (C=O) groups excluding carboxylic acids is 2. The molecule has 0 aromatic rings. The average molecular weight is 269 g/mol. The maximum absolute atomic E-state index is 12.2. The Morgan fingerprint density at radius 1 is 1.26 bits per heavy atom. The predicted molar refractivity (Wildman–Crippen MR) is 65.2 cm³/mol. The Bertz CT molecular complexity index is 394. The minimum absolute atomic E-state index is 0.204. The molecule has 3 unspecified atom stereocenters. The number of esters is 1. The van der Waals surface area contributed by atoms with E-state index in [4.69, 9.17) is 9.84 Å². The highest BCUT2D eigenvalue weighted by molar-refractivity contribution is 5.92. The SMILES string of the molecule is CCOC(=O)C1CCCCN1C(=O)C1CC1C(=O)O. The fourth-order valence-electron chi connectivity index (χ4n) is 2.63. The molecule has 3 atom stereocenters. The van der Waals surface area contributed by atoms with E-state index in [0.717, 1.165) is 12.8 Å². The number of amides is 1. The van der Waals surface area contributed by atoms with E-state index in [9.17, 15) is 14.4 Å². The van der Waals surface area contributed by atoms with Crippen molar-refractivity contribution in [2.45, 2.75) is 38.6 Å². The Morgan fingerprint density at radius 2 is 2.00 bits per heavy atom. The number of hydrogen-bond acceptors (Lipinski definition) is 4. The summed E-state index contributed by atoms with van der Waals surface area (Å²) in [4.78, 5) is 36.4. The van der Waals surface area contributed by atoms with Crippen LogP contribution >= 0.6 is 0 Å². The number of likely N-dealkylation sites (tertiary alicyclic amines) is 1. The van der Waals surface area contributed by atoms with Gasteiger partial charge in [-0.1, -0.05) is 0 Å². The van der Waals surface area contributed by atoms with Gasteiger partial charge in [0.05, 0.1) is 18.4 Å². The summed E-state index contributed by atoms with van der Waals surface area (Å²) in [5.41, 5.74) is 0. The first kappa shape index (κ1) is 13.8. The van der Waals surface area contributed by atoms with Crippen molar-refractivity contribution >= 4 is 17.8 Å². The van der Waals surface area contributed by atoms with Crippen molar-refractivity contribution in [1.29, 1.82) is 0 Å². The van der Waals surface area contributed by atoms with Gasteiger partial charge in [-0.05, 0) is 32.6 Å². The fourth-order valence-corrected chi connectivity index (χ4v) is 2.63. The van der Waals surface area contributed by atoms with Crippen molar-refractivity contribution in [2.75, 3.05) is 13.2 Å². The van der Waals surface area contributed by atoms with Gasteiger partial charge in [0.2, 0.25) is 5.91 Å². The van der Waals surface area contributed by atoms with Gasteiger partial charge in [0.25, 0.3) is 0 Å². The monoisotopic (exact) mass is 269 g/mol. The van der Waals surface area contributed by atoms with Crippen molar-refractivity contribution < 1.29 is 24.2 Å². The van der Waals surface area contributed by atoms with E-state index in [2.05, 4.69) is 0 Å². The Balaban J connectivity index is 2.01. The molecule has 1 aliphatic carbocycles. The maximum atomic E-state index is 12.2. The number of carbonyl (C=O) groups is 3. The van der Waals surface area contributed by atoms with Gasteiger partial charge in [-0.25, -0.2) is 4.79 Å². The molecule has 0 bridgehead atoms. The minimum atomic E-state index is -0.928. The molecule has 1 saturated carbocycles. The topological polar surface area (TPSA) is 83.9 Å². The van der Waals surface area contributed by atoms with E-state index in [0.29, 0.717) is 26.0 Å². The van der Waals surface area contributed by atoms with E-state index in [-0.39, 0.29) is 11.9 Å². The highest BCUT2D eigenvalue weighted by atomic mass is 16.5. The van der Waals surface area contributed by atoms with Crippen molar-refractivity contribution in [3.05, 3.63) is 0 Å². The van der Waals surface area contributed by atoms with Gasteiger partial charge in [0.1, 0.15) is 6.04 Å². The third-order valence-corrected chi connectivity index (χ3v) is 3.77. The van der Waals surface area contributed by atoms with Crippen LogP contribution in [0.2, 0.25) is 0 Å². The van der Waals surface area contributed by atoms with Crippen molar-refractivity contribution in [1.82, 2.24) is 4.90 Å². The summed E-state index contributed by atoms with van der Waals surface area (Å²) in [6.07, 6.45) is 2.74. The maximum Gasteiger partial charge on any atom is 0.328 e. The minimum Gasteiger partial charge on any atom is -0.481 e. The summed E-state index contributed by atoms with van der Waals surface area (Å²) in [7, 11) is 0. The van der Waals surface area contributed by atoms with Crippen molar-refractivity contribution in [3.8, 4) is 0 Å². The first-order valence-corrected chi connectivity index (χ1v) is 6.76. The first-order chi connectivity index (χ1) is 9.06. The fraction of sp³-hybridized carbons (Fsp3) is 0.769. The lowest BCUT2D eigenvalue weighted by Gasteiger charge is -2.34. The van der Waals surface area contributed by atoms with Crippen LogP contribution in [0.5, 0.6) is 0 Å². The molecule has 1 heterocycles. The smallest absolute Gasteiger partial charge is 0.328 e. The van der Waals surface area contributed by atoms with E-state index in [1.807, 2.05) is 0 Å². The van der Waals surface area contributed by atoms with Crippen LogP contribution < -0.4 is 0 Å². The number of ether oxygens (including phenoxy) is 1. The summed E-state index contributed by atoms with van der Waals surface area (Å²) in [6, 6.07) is -0.531. The van der Waals surface area contributed by atoms with Gasteiger partial charge in [-0.15, -0.1) is 0 Å². The molecule has 1 saturated heterocycles. The Morgan fingerprint density at radius 3 is 2.58 bits per heavy atom. The summed E-state index contributed by atoms with van der Waals surface area (Å²) < 4.78 is 4.99. The quantitative estimate of drug-likeness (QED) is 0.758. The molecule has 2 rings (SSSR count). The van der Waals surface area contributed by atoms with E-state index >= 15 is 0 Å². The molecule has 1 amide bonds. The Kier molecular flexibility index (Phi) is 4.07. The summed E-state index contributed by atoms with van der Waals surface area (Å²) in [5.74, 6) is -2.53. The third-order valence-electron chi connectivity index (χ3n) is 3.77. The lowest BCUT2D eigenvalue weighted by Crippen LogP contribution is -2.49. The van der Waals surface area contributed by atoms with Crippen LogP contribution in [0.25, 0.3) is 0 Å². The van der Waals surface area contributed by atoms with Crippen LogP contribution in [-0.2, 0) is 19.1 Å².